The highest BCUT2D eigenvalue weighted by Gasteiger charge is 2.66. The van der Waals surface area contributed by atoms with E-state index in [1.165, 1.54) is 50.1 Å². The molecular weight excluding hydrogens is 1070 g/mol. The van der Waals surface area contributed by atoms with Gasteiger partial charge in [-0.25, -0.2) is 0 Å². The maximum absolute atomic E-state index is 12.7. The summed E-state index contributed by atoms with van der Waals surface area (Å²) in [6.45, 7) is 5.12. The van der Waals surface area contributed by atoms with E-state index in [0.717, 1.165) is 113 Å². The summed E-state index contributed by atoms with van der Waals surface area (Å²) in [5, 5.41) is 55.5. The molecule has 3 fully saturated rings. The predicted molar refractivity (Wildman–Crippen MR) is 320 cm³/mol. The normalized spacial score (nSPS) is 36.4. The lowest BCUT2D eigenvalue weighted by Crippen LogP contribution is -2.65. The number of benzene rings is 5. The first kappa shape index (κ1) is 54.3. The van der Waals surface area contributed by atoms with E-state index < -0.39 is 18.3 Å². The fourth-order valence-electron chi connectivity index (χ4n) is 19.9. The van der Waals surface area contributed by atoms with Gasteiger partial charge in [0.15, 0.2) is 11.5 Å². The van der Waals surface area contributed by atoms with Gasteiger partial charge in [-0.05, 0) is 154 Å². The number of alkyl halides is 2. The highest BCUT2D eigenvalue weighted by Crippen LogP contribution is 2.64. The van der Waals surface area contributed by atoms with Crippen LogP contribution in [0.5, 0.6) is 28.7 Å². The smallest absolute Gasteiger partial charge is 0.165 e. The van der Waals surface area contributed by atoms with E-state index >= 15 is 0 Å². The van der Waals surface area contributed by atoms with Crippen molar-refractivity contribution in [2.75, 3.05) is 59.7 Å². The van der Waals surface area contributed by atoms with Crippen LogP contribution in [-0.2, 0) is 48.3 Å². The first-order valence-electron chi connectivity index (χ1n) is 31.6. The van der Waals surface area contributed by atoms with Crippen molar-refractivity contribution in [3.8, 4) is 39.9 Å². The SMILES string of the molecule is CN1CC[C@]23c4c5ccc(O)c4O[C@H]2[C@@H](O)C=C[C@H]3C1C5.O[C@H]1C=C[C@H]2C3Cc4cccc5c4[C@@]2(CCN3)[C@H]1O5.O[C@H]1C=C[C@H]2C3Cc4cccc5c4[C@@]2(CCN3CCCF)[C@H]1O5.Oc1cccc2c1-c1cccc3c1[C@@H](C2)N(CCCF)CC3. The van der Waals surface area contributed by atoms with Crippen molar-refractivity contribution in [1.82, 2.24) is 20.0 Å². The fourth-order valence-corrected chi connectivity index (χ4v) is 19.9. The molecule has 12 nitrogen and oxygen atoms in total. The van der Waals surface area contributed by atoms with E-state index in [-0.39, 0.29) is 53.7 Å². The summed E-state index contributed by atoms with van der Waals surface area (Å²) in [5.41, 5.74) is 13.8. The Balaban J connectivity index is 0.0000000924. The third-order valence-electron chi connectivity index (χ3n) is 23.2. The highest BCUT2D eigenvalue weighted by molar-refractivity contribution is 5.80. The van der Waals surface area contributed by atoms with Crippen LogP contribution in [0.25, 0.3) is 11.1 Å². The third kappa shape index (κ3) is 7.80. The number of ether oxygens (including phenoxy) is 3. The lowest BCUT2D eigenvalue weighted by Gasteiger charge is -2.57. The molecule has 0 radical (unpaired) electrons. The Morgan fingerprint density at radius 2 is 1.12 bits per heavy atom. The molecule has 3 saturated heterocycles. The van der Waals surface area contributed by atoms with Crippen LogP contribution in [0.3, 0.4) is 0 Å². The Morgan fingerprint density at radius 1 is 0.541 bits per heavy atom. The molecule has 5 aromatic carbocycles. The summed E-state index contributed by atoms with van der Waals surface area (Å²) in [6.07, 6.45) is 19.4. The molecule has 0 saturated carbocycles. The highest BCUT2D eigenvalue weighted by atomic mass is 19.1. The fraction of sp³-hybridized carbons (Fsp3) is 0.493. The molecule has 0 aromatic heterocycles. The maximum atomic E-state index is 12.7. The molecule has 14 aliphatic rings. The summed E-state index contributed by atoms with van der Waals surface area (Å²) >= 11 is 0. The summed E-state index contributed by atoms with van der Waals surface area (Å²) in [4.78, 5) is 7.31. The second kappa shape index (κ2) is 20.5. The van der Waals surface area contributed by atoms with Crippen LogP contribution in [0.4, 0.5) is 8.78 Å². The predicted octanol–water partition coefficient (Wildman–Crippen LogP) is 8.44. The minimum atomic E-state index is -0.594. The standard InChI is InChI=1S/C19H22FNO2.C19H20FNO.C17H19NO3.C16H17NO2/c20-8-2-9-21-10-7-19-13-5-6-15(22)18(19)23-16-4-1-3-12(17(16)19)11-14(13)21;20-9-3-10-21-11-8-13-4-1-6-15-18(13)16(21)12-14-5-2-7-17(22)19(14)15;1-18-7-6-17-10-3-5-13(20)16(17)21-15-12(19)4-2-9(14(15)17)8-11(10)18;18-12-5-4-10-11-8-9-2-1-3-13-14(9)16(10,6-7-17-11)15(12)19-13/h1,3-6,13-15,18,22H,2,7-11H2;1-2,4-7,16,22H,3,8-12H2;2-5,10-11,13,16,19-20H,6-8H2,1H3;1-5,10-12,15,17-18H,6-8H2/t13-,14?,15-,18-,19-;16-;10-,11?,13-,16-,17-;10-,11?,12-,15-,16-/m0100/s1. The topological polar surface area (TPSA) is 151 Å². The van der Waals surface area contributed by atoms with E-state index in [4.69, 9.17) is 14.2 Å². The second-order valence-corrected chi connectivity index (χ2v) is 26.8. The van der Waals surface area contributed by atoms with Gasteiger partial charge in [0.1, 0.15) is 53.9 Å². The van der Waals surface area contributed by atoms with Crippen molar-refractivity contribution < 1.29 is 48.5 Å². The van der Waals surface area contributed by atoms with E-state index in [2.05, 4.69) is 99.9 Å². The van der Waals surface area contributed by atoms with Crippen LogP contribution in [0.2, 0.25) is 0 Å². The molecule has 16 atom stereocenters. The van der Waals surface area contributed by atoms with E-state index in [0.29, 0.717) is 66.3 Å². The van der Waals surface area contributed by atoms with Gasteiger partial charge < -0.3 is 50.0 Å². The van der Waals surface area contributed by atoms with Gasteiger partial charge in [0.2, 0.25) is 0 Å². The van der Waals surface area contributed by atoms with Crippen molar-refractivity contribution in [3.05, 3.63) is 171 Å². The lowest BCUT2D eigenvalue weighted by atomic mass is 9.53. The van der Waals surface area contributed by atoms with Crippen molar-refractivity contribution in [3.63, 3.8) is 0 Å². The zero-order valence-corrected chi connectivity index (χ0v) is 48.3. The van der Waals surface area contributed by atoms with E-state index in [1.807, 2.05) is 36.4 Å². The number of aromatic hydroxyl groups is 2. The van der Waals surface area contributed by atoms with Crippen molar-refractivity contribution in [2.24, 2.45) is 17.8 Å². The molecular formula is C71H78F2N4O8. The number of aliphatic hydroxyl groups is 3. The van der Waals surface area contributed by atoms with Gasteiger partial charge in [-0.3, -0.25) is 18.6 Å². The molecule has 7 aliphatic carbocycles. The quantitative estimate of drug-likeness (QED) is 0.0907. The zero-order chi connectivity index (χ0) is 57.7. The van der Waals surface area contributed by atoms with E-state index in [1.54, 1.807) is 12.1 Å². The summed E-state index contributed by atoms with van der Waals surface area (Å²) in [7, 11) is 2.19. The monoisotopic (exact) mass is 1150 g/mol. The number of hydrogen-bond donors (Lipinski definition) is 6. The van der Waals surface area contributed by atoms with Crippen LogP contribution < -0.4 is 19.5 Å². The van der Waals surface area contributed by atoms with Gasteiger partial charge in [0.05, 0.1) is 13.3 Å². The van der Waals surface area contributed by atoms with Crippen LogP contribution >= 0.6 is 0 Å². The van der Waals surface area contributed by atoms with Crippen LogP contribution in [0.15, 0.2) is 121 Å². The molecule has 19 rings (SSSR count). The number of likely N-dealkylation sites (tertiary alicyclic amines) is 2. The second-order valence-electron chi connectivity index (χ2n) is 26.8. The first-order chi connectivity index (χ1) is 41.5. The van der Waals surface area contributed by atoms with Crippen LogP contribution in [-0.4, -0.2) is 155 Å². The summed E-state index contributed by atoms with van der Waals surface area (Å²) in [5.74, 6) is 4.36. The van der Waals surface area contributed by atoms with Gasteiger partial charge in [-0.1, -0.05) is 97.1 Å². The number of fused-ring (bicyclic) bond motifs is 2. The molecule has 3 spiro atoms. The Bertz CT molecular complexity index is 3580. The molecule has 7 heterocycles. The largest absolute Gasteiger partial charge is 0.507 e. The number of aliphatic hydroxyl groups excluding tert-OH is 3. The summed E-state index contributed by atoms with van der Waals surface area (Å²) < 4.78 is 43.7. The number of nitrogens with zero attached hydrogens (tertiary/aromatic N) is 3. The Morgan fingerprint density at radius 3 is 1.85 bits per heavy atom. The molecule has 6 bridgehead atoms. The first-order valence-corrected chi connectivity index (χ1v) is 31.6. The molecule has 0 amide bonds. The Labute approximate surface area is 496 Å². The third-order valence-corrected chi connectivity index (χ3v) is 23.2. The Hall–Kier alpha value is -6.10. The molecule has 6 N–H and O–H groups in total. The molecule has 5 aromatic rings. The van der Waals surface area contributed by atoms with Crippen molar-refractivity contribution >= 4 is 0 Å². The number of rotatable bonds is 6. The van der Waals surface area contributed by atoms with Gasteiger partial charge in [-0.15, -0.1) is 0 Å². The zero-order valence-electron chi connectivity index (χ0n) is 48.3. The Kier molecular flexibility index (Phi) is 13.1. The molecule has 7 aliphatic heterocycles. The molecule has 14 heteroatoms. The number of phenolic OH excluding ortho intramolecular Hbond substituents is 2. The number of hydrogen-bond acceptors (Lipinski definition) is 12. The van der Waals surface area contributed by atoms with Gasteiger partial charge >= 0.3 is 0 Å². The average Bonchev–Trinajstić information content (AvgIpc) is 1.63. The molecule has 444 valence electrons. The van der Waals surface area contributed by atoms with Gasteiger partial charge in [0, 0.05) is 100 Å². The average molecular weight is 1150 g/mol. The van der Waals surface area contributed by atoms with Crippen molar-refractivity contribution in [1.29, 1.82) is 0 Å². The maximum Gasteiger partial charge on any atom is 0.165 e. The number of halogens is 2. The minimum absolute atomic E-state index is 0.00819. The van der Waals surface area contributed by atoms with E-state index in [9.17, 15) is 34.3 Å². The van der Waals surface area contributed by atoms with Gasteiger partial charge in [-0.2, -0.15) is 0 Å². The molecule has 3 unspecified atom stereocenters. The lowest BCUT2D eigenvalue weighted by molar-refractivity contribution is -0.0517. The number of nitrogens with one attached hydrogen (secondary N) is 1. The number of phenols is 2. The molecule has 85 heavy (non-hydrogen) atoms. The van der Waals surface area contributed by atoms with Crippen LogP contribution in [0, 0.1) is 17.8 Å². The van der Waals surface area contributed by atoms with Crippen molar-refractivity contribution in [2.45, 2.75) is 141 Å². The summed E-state index contributed by atoms with van der Waals surface area (Å²) in [6, 6.07) is 30.3. The van der Waals surface area contributed by atoms with Gasteiger partial charge in [0.25, 0.3) is 0 Å². The minimum Gasteiger partial charge on any atom is -0.507 e. The number of likely N-dealkylation sites (N-methyl/N-ethyl adjacent to an activating group) is 1. The number of piperidine rings is 3. The van der Waals surface area contributed by atoms with Crippen LogP contribution in [0.1, 0.15) is 88.2 Å².